The molecule has 0 unspecified atom stereocenters. The van der Waals surface area contributed by atoms with Gasteiger partial charge in [-0.2, -0.15) is 4.31 Å². The number of sulfonamides is 1. The van der Waals surface area contributed by atoms with Gasteiger partial charge in [-0.15, -0.1) is 0 Å². The number of benzene rings is 1. The van der Waals surface area contributed by atoms with Crippen LogP contribution in [0.15, 0.2) is 23.1 Å². The Bertz CT molecular complexity index is 776. The van der Waals surface area contributed by atoms with Gasteiger partial charge in [0.2, 0.25) is 15.9 Å². The molecule has 0 atom stereocenters. The Morgan fingerprint density at radius 1 is 0.885 bits per heavy atom. The molecule has 6 heteroatoms. The SMILES string of the molecule is O=C(C1CCCCC1)N1CCN(S(=O)(=O)c2ccc3c(c2)CCC3)CC1. The minimum absolute atomic E-state index is 0.156. The Balaban J connectivity index is 1.41. The summed E-state index contributed by atoms with van der Waals surface area (Å²) >= 11 is 0. The largest absolute Gasteiger partial charge is 0.340 e. The molecule has 1 aromatic rings. The molecule has 1 saturated carbocycles. The second kappa shape index (κ2) is 7.31. The van der Waals surface area contributed by atoms with E-state index in [4.69, 9.17) is 0 Å². The fourth-order valence-corrected chi connectivity index (χ4v) is 6.09. The van der Waals surface area contributed by atoms with Crippen molar-refractivity contribution in [1.29, 1.82) is 0 Å². The molecule has 0 spiro atoms. The summed E-state index contributed by atoms with van der Waals surface area (Å²) < 4.78 is 27.5. The highest BCUT2D eigenvalue weighted by molar-refractivity contribution is 7.89. The molecule has 26 heavy (non-hydrogen) atoms. The lowest BCUT2D eigenvalue weighted by atomic mass is 9.88. The van der Waals surface area contributed by atoms with Crippen LogP contribution in [-0.4, -0.2) is 49.7 Å². The van der Waals surface area contributed by atoms with Gasteiger partial charge in [0.15, 0.2) is 0 Å². The van der Waals surface area contributed by atoms with E-state index in [9.17, 15) is 13.2 Å². The number of carbonyl (C=O) groups is 1. The van der Waals surface area contributed by atoms with Gasteiger partial charge in [-0.1, -0.05) is 25.3 Å². The number of rotatable bonds is 3. The summed E-state index contributed by atoms with van der Waals surface area (Å²) in [5, 5.41) is 0. The molecule has 2 aliphatic carbocycles. The Morgan fingerprint density at radius 2 is 1.58 bits per heavy atom. The van der Waals surface area contributed by atoms with E-state index >= 15 is 0 Å². The van der Waals surface area contributed by atoms with Crippen LogP contribution in [0, 0.1) is 5.92 Å². The van der Waals surface area contributed by atoms with E-state index in [1.54, 1.807) is 10.4 Å². The summed E-state index contributed by atoms with van der Waals surface area (Å²) in [6.45, 7) is 1.83. The monoisotopic (exact) mass is 376 g/mol. The highest BCUT2D eigenvalue weighted by Gasteiger charge is 2.33. The Kier molecular flexibility index (Phi) is 5.06. The van der Waals surface area contributed by atoms with Crippen LogP contribution in [0.4, 0.5) is 0 Å². The third-order valence-electron chi connectivity index (χ3n) is 6.21. The molecule has 2 fully saturated rings. The van der Waals surface area contributed by atoms with Crippen molar-refractivity contribution in [1.82, 2.24) is 9.21 Å². The minimum atomic E-state index is -3.46. The maximum Gasteiger partial charge on any atom is 0.243 e. The van der Waals surface area contributed by atoms with Gasteiger partial charge in [0.1, 0.15) is 0 Å². The van der Waals surface area contributed by atoms with Gasteiger partial charge in [0.25, 0.3) is 0 Å². The maximum absolute atomic E-state index is 13.0. The average Bonchev–Trinajstić information content (AvgIpc) is 3.16. The van der Waals surface area contributed by atoms with Crippen LogP contribution in [0.25, 0.3) is 0 Å². The molecule has 142 valence electrons. The van der Waals surface area contributed by atoms with E-state index in [2.05, 4.69) is 0 Å². The zero-order chi connectivity index (χ0) is 18.1. The van der Waals surface area contributed by atoms with E-state index in [0.29, 0.717) is 31.1 Å². The van der Waals surface area contributed by atoms with Crippen molar-refractivity contribution < 1.29 is 13.2 Å². The van der Waals surface area contributed by atoms with Crippen molar-refractivity contribution >= 4 is 15.9 Å². The summed E-state index contributed by atoms with van der Waals surface area (Å²) in [7, 11) is -3.46. The van der Waals surface area contributed by atoms with Gasteiger partial charge in [-0.05, 0) is 55.4 Å². The van der Waals surface area contributed by atoms with Crippen LogP contribution in [0.1, 0.15) is 49.7 Å². The number of carbonyl (C=O) groups excluding carboxylic acids is 1. The van der Waals surface area contributed by atoms with E-state index in [0.717, 1.165) is 44.9 Å². The molecule has 1 aliphatic heterocycles. The van der Waals surface area contributed by atoms with Crippen LogP contribution >= 0.6 is 0 Å². The van der Waals surface area contributed by atoms with Crippen LogP contribution in [-0.2, 0) is 27.7 Å². The first-order valence-corrected chi connectivity index (χ1v) is 11.4. The van der Waals surface area contributed by atoms with Crippen molar-refractivity contribution in [2.45, 2.75) is 56.3 Å². The quantitative estimate of drug-likeness (QED) is 0.815. The lowest BCUT2D eigenvalue weighted by molar-refractivity contribution is -0.137. The van der Waals surface area contributed by atoms with Gasteiger partial charge in [0.05, 0.1) is 4.90 Å². The van der Waals surface area contributed by atoms with Gasteiger partial charge in [-0.3, -0.25) is 4.79 Å². The lowest BCUT2D eigenvalue weighted by Crippen LogP contribution is -2.52. The van der Waals surface area contributed by atoms with Crippen LogP contribution in [0.3, 0.4) is 0 Å². The van der Waals surface area contributed by atoms with Crippen molar-refractivity contribution in [2.75, 3.05) is 26.2 Å². The Hall–Kier alpha value is -1.40. The third kappa shape index (κ3) is 3.41. The second-order valence-electron chi connectivity index (χ2n) is 7.85. The van der Waals surface area contributed by atoms with E-state index < -0.39 is 10.0 Å². The summed E-state index contributed by atoms with van der Waals surface area (Å²) in [5.41, 5.74) is 2.46. The van der Waals surface area contributed by atoms with Crippen molar-refractivity contribution in [3.63, 3.8) is 0 Å². The van der Waals surface area contributed by atoms with E-state index in [-0.39, 0.29) is 11.8 Å². The first-order chi connectivity index (χ1) is 12.6. The highest BCUT2D eigenvalue weighted by Crippen LogP contribution is 2.28. The fourth-order valence-electron chi connectivity index (χ4n) is 4.61. The first-order valence-electron chi connectivity index (χ1n) is 9.96. The molecule has 5 nitrogen and oxygen atoms in total. The normalized spacial score (nSPS) is 22.4. The van der Waals surface area contributed by atoms with Gasteiger partial charge in [-0.25, -0.2) is 8.42 Å². The zero-order valence-electron chi connectivity index (χ0n) is 15.3. The smallest absolute Gasteiger partial charge is 0.243 e. The molecular formula is C20H28N2O3S. The topological polar surface area (TPSA) is 57.7 Å². The van der Waals surface area contributed by atoms with Gasteiger partial charge < -0.3 is 4.90 Å². The number of fused-ring (bicyclic) bond motifs is 1. The van der Waals surface area contributed by atoms with Crippen LogP contribution in [0.5, 0.6) is 0 Å². The predicted molar refractivity (Wildman–Crippen MR) is 100 cm³/mol. The number of hydrogen-bond donors (Lipinski definition) is 0. The van der Waals surface area contributed by atoms with Crippen LogP contribution < -0.4 is 0 Å². The fraction of sp³-hybridized carbons (Fsp3) is 0.650. The number of piperazine rings is 1. The van der Waals surface area contributed by atoms with Gasteiger partial charge >= 0.3 is 0 Å². The molecule has 1 heterocycles. The summed E-state index contributed by atoms with van der Waals surface area (Å²) in [6.07, 6.45) is 8.64. The summed E-state index contributed by atoms with van der Waals surface area (Å²) in [5.74, 6) is 0.392. The standard InChI is InChI=1S/C20H28N2O3S/c23-20(17-5-2-1-3-6-17)21-11-13-22(14-12-21)26(24,25)19-10-9-16-7-4-8-18(16)15-19/h9-10,15,17H,1-8,11-14H2. The molecular weight excluding hydrogens is 348 g/mol. The molecule has 4 rings (SSSR count). The summed E-state index contributed by atoms with van der Waals surface area (Å²) in [6, 6.07) is 5.58. The van der Waals surface area contributed by atoms with Crippen molar-refractivity contribution in [3.05, 3.63) is 29.3 Å². The molecule has 1 saturated heterocycles. The predicted octanol–water partition coefficient (Wildman–Crippen LogP) is 2.59. The minimum Gasteiger partial charge on any atom is -0.340 e. The number of amides is 1. The molecule has 0 aromatic heterocycles. The van der Waals surface area contributed by atoms with Gasteiger partial charge in [0, 0.05) is 32.1 Å². The molecule has 0 bridgehead atoms. The molecule has 3 aliphatic rings. The van der Waals surface area contributed by atoms with Crippen LogP contribution in [0.2, 0.25) is 0 Å². The Morgan fingerprint density at radius 3 is 2.31 bits per heavy atom. The lowest BCUT2D eigenvalue weighted by Gasteiger charge is -2.36. The van der Waals surface area contributed by atoms with Crippen molar-refractivity contribution in [2.24, 2.45) is 5.92 Å². The van der Waals surface area contributed by atoms with E-state index in [1.165, 1.54) is 17.5 Å². The molecule has 1 aromatic carbocycles. The third-order valence-corrected chi connectivity index (χ3v) is 8.11. The first kappa shape index (κ1) is 18.0. The average molecular weight is 377 g/mol. The number of aryl methyl sites for hydroxylation is 2. The maximum atomic E-state index is 13.0. The zero-order valence-corrected chi connectivity index (χ0v) is 16.1. The number of nitrogens with zero attached hydrogens (tertiary/aromatic N) is 2. The molecule has 1 amide bonds. The second-order valence-corrected chi connectivity index (χ2v) is 9.79. The number of hydrogen-bond acceptors (Lipinski definition) is 3. The van der Waals surface area contributed by atoms with E-state index in [1.807, 2.05) is 17.0 Å². The Labute approximate surface area is 156 Å². The van der Waals surface area contributed by atoms with Crippen molar-refractivity contribution in [3.8, 4) is 0 Å². The molecule has 0 N–H and O–H groups in total. The molecule has 0 radical (unpaired) electrons. The highest BCUT2D eigenvalue weighted by atomic mass is 32.2. The summed E-state index contributed by atoms with van der Waals surface area (Å²) in [4.78, 5) is 15.0.